The van der Waals surface area contributed by atoms with Crippen LogP contribution < -0.4 is 5.43 Å². The van der Waals surface area contributed by atoms with Crippen LogP contribution in [0.15, 0.2) is 0 Å². The third kappa shape index (κ3) is 3.63. The van der Waals surface area contributed by atoms with Crippen molar-refractivity contribution in [1.29, 1.82) is 0 Å². The highest BCUT2D eigenvalue weighted by molar-refractivity contribution is 4.61. The van der Waals surface area contributed by atoms with Crippen molar-refractivity contribution in [2.24, 2.45) is 0 Å². The first-order valence-corrected chi connectivity index (χ1v) is 5.58. The van der Waals surface area contributed by atoms with Gasteiger partial charge in [-0.05, 0) is 19.3 Å². The summed E-state index contributed by atoms with van der Waals surface area (Å²) in [5, 5.41) is 4.58. The summed E-state index contributed by atoms with van der Waals surface area (Å²) in [6, 6.07) is 0. The minimum absolute atomic E-state index is 1.02. The zero-order valence-corrected chi connectivity index (χ0v) is 9.00. The highest BCUT2D eigenvalue weighted by Crippen LogP contribution is 2.06. The molecule has 1 radical (unpaired) electrons. The molecule has 0 N–H and O–H groups in total. The van der Waals surface area contributed by atoms with Crippen LogP contribution in [0.25, 0.3) is 0 Å². The average molecular weight is 184 g/mol. The molecule has 0 aliphatic carbocycles. The Morgan fingerprint density at radius 1 is 1.23 bits per heavy atom. The molecule has 3 nitrogen and oxygen atoms in total. The molecule has 0 saturated carbocycles. The Morgan fingerprint density at radius 3 is 2.62 bits per heavy atom. The van der Waals surface area contributed by atoms with E-state index in [1.165, 1.54) is 32.2 Å². The van der Waals surface area contributed by atoms with E-state index in [1.54, 1.807) is 0 Å². The van der Waals surface area contributed by atoms with Gasteiger partial charge in [-0.2, -0.15) is 5.12 Å². The molecular weight excluding hydrogens is 162 g/mol. The van der Waals surface area contributed by atoms with E-state index >= 15 is 0 Å². The van der Waals surface area contributed by atoms with Crippen molar-refractivity contribution in [3.63, 3.8) is 0 Å². The molecule has 0 unspecified atom stereocenters. The molecule has 1 heterocycles. The van der Waals surface area contributed by atoms with Gasteiger partial charge in [-0.15, -0.1) is 5.43 Å². The van der Waals surface area contributed by atoms with Crippen molar-refractivity contribution >= 4 is 0 Å². The van der Waals surface area contributed by atoms with Crippen molar-refractivity contribution in [3.05, 3.63) is 0 Å². The summed E-state index contributed by atoms with van der Waals surface area (Å²) in [5.41, 5.74) is 4.47. The summed E-state index contributed by atoms with van der Waals surface area (Å²) in [6.45, 7) is 8.95. The first-order chi connectivity index (χ1) is 6.38. The molecular formula is C10H22N3. The van der Waals surface area contributed by atoms with Gasteiger partial charge in [0, 0.05) is 26.2 Å². The van der Waals surface area contributed by atoms with Gasteiger partial charge in [-0.25, -0.2) is 5.01 Å². The maximum Gasteiger partial charge on any atom is 0.0334 e. The monoisotopic (exact) mass is 184 g/mol. The molecule has 1 aliphatic rings. The first kappa shape index (κ1) is 11.0. The molecule has 0 aromatic rings. The second-order valence-corrected chi connectivity index (χ2v) is 3.62. The zero-order valence-electron chi connectivity index (χ0n) is 9.00. The highest BCUT2D eigenvalue weighted by Gasteiger charge is 2.18. The number of nitrogens with zero attached hydrogens (tertiary/aromatic N) is 3. The minimum atomic E-state index is 1.02. The van der Waals surface area contributed by atoms with E-state index in [9.17, 15) is 0 Å². The molecule has 1 saturated heterocycles. The van der Waals surface area contributed by atoms with Crippen molar-refractivity contribution in [1.82, 2.24) is 15.6 Å². The molecule has 0 amide bonds. The first-order valence-electron chi connectivity index (χ1n) is 5.58. The van der Waals surface area contributed by atoms with Crippen LogP contribution in [-0.2, 0) is 0 Å². The summed E-state index contributed by atoms with van der Waals surface area (Å²) >= 11 is 0. The Balaban J connectivity index is 2.26. The second-order valence-electron chi connectivity index (χ2n) is 3.62. The molecule has 0 aromatic heterocycles. The van der Waals surface area contributed by atoms with Gasteiger partial charge >= 0.3 is 0 Å². The van der Waals surface area contributed by atoms with Gasteiger partial charge in [0.05, 0.1) is 0 Å². The van der Waals surface area contributed by atoms with Crippen LogP contribution in [-0.4, -0.2) is 36.3 Å². The Bertz CT molecular complexity index is 121. The van der Waals surface area contributed by atoms with E-state index in [-0.39, 0.29) is 0 Å². The lowest BCUT2D eigenvalue weighted by Gasteiger charge is -2.29. The van der Waals surface area contributed by atoms with Gasteiger partial charge < -0.3 is 0 Å². The normalized spacial score (nSPS) is 18.7. The molecule has 0 aromatic carbocycles. The smallest absolute Gasteiger partial charge is 0.0334 e. The lowest BCUT2D eigenvalue weighted by atomic mass is 10.3. The van der Waals surface area contributed by atoms with E-state index in [0.717, 1.165) is 19.6 Å². The molecule has 1 rings (SSSR count). The summed E-state index contributed by atoms with van der Waals surface area (Å²) in [7, 11) is 0. The summed E-state index contributed by atoms with van der Waals surface area (Å²) in [5.74, 6) is 0. The number of hydrazine groups is 1. The van der Waals surface area contributed by atoms with Gasteiger partial charge in [-0.3, -0.25) is 0 Å². The van der Waals surface area contributed by atoms with Crippen molar-refractivity contribution in [2.75, 3.05) is 26.2 Å². The lowest BCUT2D eigenvalue weighted by Crippen LogP contribution is -2.44. The van der Waals surface area contributed by atoms with Crippen LogP contribution in [0.5, 0.6) is 0 Å². The van der Waals surface area contributed by atoms with E-state index < -0.39 is 0 Å². The molecule has 0 bridgehead atoms. The van der Waals surface area contributed by atoms with E-state index in [2.05, 4.69) is 29.4 Å². The predicted molar refractivity (Wildman–Crippen MR) is 55.1 cm³/mol. The molecule has 0 atom stereocenters. The maximum absolute atomic E-state index is 4.47. The maximum atomic E-state index is 4.47. The quantitative estimate of drug-likeness (QED) is 0.625. The molecule has 1 aliphatic heterocycles. The van der Waals surface area contributed by atoms with Crippen LogP contribution in [0.2, 0.25) is 0 Å². The predicted octanol–water partition coefficient (Wildman–Crippen LogP) is 1.64. The van der Waals surface area contributed by atoms with Gasteiger partial charge in [-0.1, -0.05) is 20.3 Å². The van der Waals surface area contributed by atoms with Crippen LogP contribution in [0, 0.1) is 0 Å². The molecule has 13 heavy (non-hydrogen) atoms. The summed E-state index contributed by atoms with van der Waals surface area (Å²) in [4.78, 5) is 0. The third-order valence-electron chi connectivity index (χ3n) is 2.36. The Kier molecular flexibility index (Phi) is 5.35. The van der Waals surface area contributed by atoms with E-state index in [1.807, 2.05) is 0 Å². The topological polar surface area (TPSA) is 20.6 Å². The lowest BCUT2D eigenvalue weighted by molar-refractivity contribution is -0.0486. The van der Waals surface area contributed by atoms with Crippen molar-refractivity contribution in [3.8, 4) is 0 Å². The van der Waals surface area contributed by atoms with Crippen LogP contribution in [0.4, 0.5) is 0 Å². The highest BCUT2D eigenvalue weighted by atomic mass is 15.8. The fourth-order valence-electron chi connectivity index (χ4n) is 1.64. The number of rotatable bonds is 6. The fraction of sp³-hybridized carbons (Fsp3) is 1.00. The number of hydrogen-bond acceptors (Lipinski definition) is 2. The molecule has 0 spiro atoms. The van der Waals surface area contributed by atoms with Gasteiger partial charge in [0.1, 0.15) is 0 Å². The Labute approximate surface area is 82.0 Å². The van der Waals surface area contributed by atoms with Gasteiger partial charge in [0.25, 0.3) is 0 Å². The molecule has 77 valence electrons. The van der Waals surface area contributed by atoms with Gasteiger partial charge in [0.2, 0.25) is 0 Å². The average Bonchev–Trinajstić information content (AvgIpc) is 2.65. The van der Waals surface area contributed by atoms with Crippen LogP contribution in [0.3, 0.4) is 0 Å². The largest absolute Gasteiger partial charge is 0.227 e. The summed E-state index contributed by atoms with van der Waals surface area (Å²) in [6.07, 6.45) is 5.00. The fourth-order valence-corrected chi connectivity index (χ4v) is 1.64. The third-order valence-corrected chi connectivity index (χ3v) is 2.36. The number of hydrogen-bond donors (Lipinski definition) is 0. The van der Waals surface area contributed by atoms with Crippen LogP contribution >= 0.6 is 0 Å². The number of unbranched alkanes of at least 4 members (excludes halogenated alkanes) is 1. The standard InChI is InChI=1S/C10H22N3/c1-3-5-9-12(8-4-2)13-10-6-7-11-13/h3-10H2,1-2H3. The Morgan fingerprint density at radius 2 is 2.08 bits per heavy atom. The van der Waals surface area contributed by atoms with E-state index in [4.69, 9.17) is 0 Å². The zero-order chi connectivity index (χ0) is 9.52. The van der Waals surface area contributed by atoms with Crippen molar-refractivity contribution < 1.29 is 0 Å². The minimum Gasteiger partial charge on any atom is -0.227 e. The summed E-state index contributed by atoms with van der Waals surface area (Å²) < 4.78 is 0. The van der Waals surface area contributed by atoms with Gasteiger partial charge in [0.15, 0.2) is 0 Å². The Hall–Kier alpha value is -0.120. The van der Waals surface area contributed by atoms with Crippen LogP contribution in [0.1, 0.15) is 39.5 Å². The van der Waals surface area contributed by atoms with Crippen molar-refractivity contribution in [2.45, 2.75) is 39.5 Å². The van der Waals surface area contributed by atoms with E-state index in [0.29, 0.717) is 0 Å². The second kappa shape index (κ2) is 6.35. The molecule has 1 fully saturated rings. The SMILES string of the molecule is CCCCN(CCC)N1CCC[N]1. The molecule has 3 heteroatoms.